The van der Waals surface area contributed by atoms with Gasteiger partial charge in [0.15, 0.2) is 5.96 Å². The van der Waals surface area contributed by atoms with Gasteiger partial charge in [-0.3, -0.25) is 4.79 Å². The zero-order valence-corrected chi connectivity index (χ0v) is 8.23. The van der Waals surface area contributed by atoms with Crippen LogP contribution >= 0.6 is 0 Å². The molecule has 0 spiro atoms. The summed E-state index contributed by atoms with van der Waals surface area (Å²) in [7, 11) is 0. The molecule has 88 valence electrons. The van der Waals surface area contributed by atoms with Crippen LogP contribution in [0.5, 0.6) is 0 Å². The summed E-state index contributed by atoms with van der Waals surface area (Å²) in [5, 5.41) is 7.94. The molecule has 16 heavy (non-hydrogen) atoms. The van der Waals surface area contributed by atoms with E-state index in [2.05, 4.69) is 4.99 Å². The van der Waals surface area contributed by atoms with Crippen LogP contribution in [0.15, 0.2) is 29.3 Å². The second-order valence-corrected chi connectivity index (χ2v) is 2.57. The Balaban J connectivity index is 0.000000281. The molecule has 5 nitrogen and oxygen atoms in total. The van der Waals surface area contributed by atoms with Crippen molar-refractivity contribution < 1.29 is 18.7 Å². The van der Waals surface area contributed by atoms with E-state index >= 15 is 0 Å². The van der Waals surface area contributed by atoms with Gasteiger partial charge in [0.25, 0.3) is 0 Å². The van der Waals surface area contributed by atoms with Crippen molar-refractivity contribution >= 4 is 11.9 Å². The number of nitrogens with two attached hydrogens (primary N) is 2. The van der Waals surface area contributed by atoms with Crippen LogP contribution in [0.3, 0.4) is 0 Å². The van der Waals surface area contributed by atoms with Crippen molar-refractivity contribution in [2.75, 3.05) is 6.54 Å². The third-order valence-electron chi connectivity index (χ3n) is 1.20. The Morgan fingerprint density at radius 3 is 1.75 bits per heavy atom. The number of halogens is 2. The standard InChI is InChI=1S/C6H4F2.C3H7N3O2/c7-5-1-2-6(8)4-3-5;4-3(5)6-1-2(7)8/h1-4H;1H2,(H,7,8)(H4,4,5,6). The smallest absolute Gasteiger partial charge is 0.325 e. The van der Waals surface area contributed by atoms with Crippen molar-refractivity contribution in [1.82, 2.24) is 0 Å². The van der Waals surface area contributed by atoms with Gasteiger partial charge in [-0.1, -0.05) is 0 Å². The first-order valence-corrected chi connectivity index (χ1v) is 4.10. The fourth-order valence-corrected chi connectivity index (χ4v) is 0.588. The Bertz CT molecular complexity index is 341. The average molecular weight is 231 g/mol. The number of rotatable bonds is 2. The molecular weight excluding hydrogens is 220 g/mol. The first kappa shape index (κ1) is 13.8. The first-order chi connectivity index (χ1) is 7.41. The molecule has 5 N–H and O–H groups in total. The summed E-state index contributed by atoms with van der Waals surface area (Å²) in [4.78, 5) is 12.9. The number of hydrogen-bond donors (Lipinski definition) is 3. The molecule has 0 saturated carbocycles. The lowest BCUT2D eigenvalue weighted by molar-refractivity contribution is -0.135. The summed E-state index contributed by atoms with van der Waals surface area (Å²) in [5.41, 5.74) is 9.61. The third kappa shape index (κ3) is 8.42. The molecular formula is C9H11F2N3O2. The lowest BCUT2D eigenvalue weighted by Gasteiger charge is -1.85. The van der Waals surface area contributed by atoms with Gasteiger partial charge in [-0.2, -0.15) is 0 Å². The van der Waals surface area contributed by atoms with E-state index in [1.54, 1.807) is 0 Å². The molecule has 1 aromatic rings. The molecule has 0 bridgehead atoms. The molecule has 0 fully saturated rings. The average Bonchev–Trinajstić information content (AvgIpc) is 2.20. The van der Waals surface area contributed by atoms with E-state index in [9.17, 15) is 13.6 Å². The van der Waals surface area contributed by atoms with E-state index in [1.165, 1.54) is 0 Å². The van der Waals surface area contributed by atoms with E-state index in [1.807, 2.05) is 0 Å². The number of nitrogens with zero attached hydrogens (tertiary/aromatic N) is 1. The molecule has 0 atom stereocenters. The second-order valence-electron chi connectivity index (χ2n) is 2.57. The monoisotopic (exact) mass is 231 g/mol. The summed E-state index contributed by atoms with van der Waals surface area (Å²) >= 11 is 0. The van der Waals surface area contributed by atoms with Gasteiger partial charge in [0, 0.05) is 0 Å². The topological polar surface area (TPSA) is 102 Å². The Morgan fingerprint density at radius 1 is 1.19 bits per heavy atom. The summed E-state index contributed by atoms with van der Waals surface area (Å²) in [6, 6.07) is 4.31. The van der Waals surface area contributed by atoms with Crippen molar-refractivity contribution in [3.8, 4) is 0 Å². The molecule has 0 aliphatic carbocycles. The van der Waals surface area contributed by atoms with Crippen LogP contribution in [-0.2, 0) is 4.79 Å². The number of hydrogen-bond acceptors (Lipinski definition) is 2. The van der Waals surface area contributed by atoms with E-state index in [4.69, 9.17) is 16.6 Å². The van der Waals surface area contributed by atoms with Crippen molar-refractivity contribution in [1.29, 1.82) is 0 Å². The number of aliphatic imine (C=N–C) groups is 1. The molecule has 1 rings (SSSR count). The zero-order chi connectivity index (χ0) is 12.6. The van der Waals surface area contributed by atoms with E-state index < -0.39 is 17.6 Å². The normalized spacial score (nSPS) is 8.62. The quantitative estimate of drug-likeness (QED) is 0.503. The molecule has 0 aliphatic heterocycles. The molecule has 0 heterocycles. The zero-order valence-electron chi connectivity index (χ0n) is 8.23. The summed E-state index contributed by atoms with van der Waals surface area (Å²) < 4.78 is 23.8. The van der Waals surface area contributed by atoms with Crippen LogP contribution in [0, 0.1) is 11.6 Å². The van der Waals surface area contributed by atoms with Crippen molar-refractivity contribution in [3.05, 3.63) is 35.9 Å². The van der Waals surface area contributed by atoms with Gasteiger partial charge >= 0.3 is 5.97 Å². The lowest BCUT2D eigenvalue weighted by Crippen LogP contribution is -2.24. The van der Waals surface area contributed by atoms with Crippen LogP contribution in [0.1, 0.15) is 0 Å². The number of benzene rings is 1. The van der Waals surface area contributed by atoms with Crippen LogP contribution < -0.4 is 11.5 Å². The molecule has 1 aromatic carbocycles. The maximum atomic E-state index is 11.9. The van der Waals surface area contributed by atoms with Crippen molar-refractivity contribution in [2.45, 2.75) is 0 Å². The third-order valence-corrected chi connectivity index (χ3v) is 1.20. The maximum absolute atomic E-state index is 11.9. The summed E-state index contributed by atoms with van der Waals surface area (Å²) in [5.74, 6) is -2.07. The van der Waals surface area contributed by atoms with Gasteiger partial charge in [0.2, 0.25) is 0 Å². The summed E-state index contributed by atoms with van der Waals surface area (Å²) in [6.07, 6.45) is 0. The minimum atomic E-state index is -1.04. The fraction of sp³-hybridized carbons (Fsp3) is 0.111. The fourth-order valence-electron chi connectivity index (χ4n) is 0.588. The van der Waals surface area contributed by atoms with E-state index in [0.29, 0.717) is 0 Å². The number of carbonyl (C=O) groups is 1. The number of carboxylic acid groups (broad SMARTS) is 1. The molecule has 0 aliphatic rings. The van der Waals surface area contributed by atoms with Crippen molar-refractivity contribution in [3.63, 3.8) is 0 Å². The lowest BCUT2D eigenvalue weighted by atomic mass is 10.3. The number of carboxylic acids is 1. The molecule has 0 aromatic heterocycles. The van der Waals surface area contributed by atoms with Gasteiger partial charge in [-0.25, -0.2) is 13.8 Å². The van der Waals surface area contributed by atoms with Gasteiger partial charge in [0.1, 0.15) is 18.2 Å². The van der Waals surface area contributed by atoms with Crippen LogP contribution in [0.25, 0.3) is 0 Å². The SMILES string of the molecule is Fc1ccc(F)cc1.NC(N)=NCC(=O)O. The van der Waals surface area contributed by atoms with Gasteiger partial charge in [-0.15, -0.1) is 0 Å². The first-order valence-electron chi connectivity index (χ1n) is 4.10. The Morgan fingerprint density at radius 2 is 1.56 bits per heavy atom. The highest BCUT2D eigenvalue weighted by Crippen LogP contribution is 1.98. The minimum Gasteiger partial charge on any atom is -0.480 e. The van der Waals surface area contributed by atoms with E-state index in [0.717, 1.165) is 24.3 Å². The predicted octanol–water partition coefficient (Wildman–Crippen LogP) is 0.309. The molecule has 0 radical (unpaired) electrons. The highest BCUT2D eigenvalue weighted by atomic mass is 19.1. The number of aliphatic carboxylic acids is 1. The Labute approximate surface area is 90.4 Å². The van der Waals surface area contributed by atoms with Gasteiger partial charge in [-0.05, 0) is 24.3 Å². The largest absolute Gasteiger partial charge is 0.480 e. The van der Waals surface area contributed by atoms with Gasteiger partial charge < -0.3 is 16.6 Å². The highest BCUT2D eigenvalue weighted by molar-refractivity contribution is 5.79. The molecule has 0 unspecified atom stereocenters. The van der Waals surface area contributed by atoms with Gasteiger partial charge in [0.05, 0.1) is 0 Å². The maximum Gasteiger partial charge on any atom is 0.325 e. The molecule has 0 amide bonds. The second kappa shape index (κ2) is 7.16. The van der Waals surface area contributed by atoms with Crippen molar-refractivity contribution in [2.24, 2.45) is 16.5 Å². The summed E-state index contributed by atoms with van der Waals surface area (Å²) in [6.45, 7) is -0.359. The van der Waals surface area contributed by atoms with E-state index in [-0.39, 0.29) is 12.5 Å². The van der Waals surface area contributed by atoms with Crippen LogP contribution in [-0.4, -0.2) is 23.6 Å². The van der Waals surface area contributed by atoms with Crippen LogP contribution in [0.2, 0.25) is 0 Å². The molecule has 0 saturated heterocycles. The minimum absolute atomic E-state index is 0.201. The Hall–Kier alpha value is -2.18. The molecule has 7 heteroatoms. The van der Waals surface area contributed by atoms with Crippen LogP contribution in [0.4, 0.5) is 8.78 Å². The number of guanidine groups is 1. The predicted molar refractivity (Wildman–Crippen MR) is 54.7 cm³/mol. The highest BCUT2D eigenvalue weighted by Gasteiger charge is 1.90. The Kier molecular flexibility index (Phi) is 6.18.